The van der Waals surface area contributed by atoms with Gasteiger partial charge >= 0.3 is 0 Å². The number of aromatic nitrogens is 3. The molecule has 0 radical (unpaired) electrons. The van der Waals surface area contributed by atoms with Crippen molar-refractivity contribution < 1.29 is 14.4 Å². The van der Waals surface area contributed by atoms with Crippen LogP contribution in [0.2, 0.25) is 0 Å². The summed E-state index contributed by atoms with van der Waals surface area (Å²) in [5, 5.41) is 16.9. The van der Waals surface area contributed by atoms with E-state index in [2.05, 4.69) is 20.4 Å². The lowest BCUT2D eigenvalue weighted by Gasteiger charge is -2.18. The molecular formula is C21H24N4O3. The number of hydrogen-bond donors (Lipinski definition) is 2. The summed E-state index contributed by atoms with van der Waals surface area (Å²) in [7, 11) is 0. The lowest BCUT2D eigenvalue weighted by Crippen LogP contribution is -2.28. The molecular weight excluding hydrogens is 356 g/mol. The molecule has 0 saturated carbocycles. The Balaban J connectivity index is 1.84. The molecule has 0 spiro atoms. The van der Waals surface area contributed by atoms with E-state index in [0.717, 1.165) is 11.1 Å². The Kier molecular flexibility index (Phi) is 5.56. The molecule has 0 aliphatic heterocycles. The van der Waals surface area contributed by atoms with Gasteiger partial charge in [0.25, 0.3) is 5.91 Å². The fraction of sp³-hybridized carbons (Fsp3) is 0.333. The monoisotopic (exact) mass is 380 g/mol. The van der Waals surface area contributed by atoms with Crippen molar-refractivity contribution in [3.8, 4) is 11.1 Å². The second kappa shape index (κ2) is 7.90. The molecule has 0 bridgehead atoms. The highest BCUT2D eigenvalue weighted by Gasteiger charge is 2.20. The van der Waals surface area contributed by atoms with Gasteiger partial charge in [0.1, 0.15) is 6.04 Å². The third-order valence-electron chi connectivity index (χ3n) is 4.46. The molecule has 3 aromatic rings. The second-order valence-corrected chi connectivity index (χ2v) is 7.22. The Labute approximate surface area is 163 Å². The minimum atomic E-state index is -0.992. The summed E-state index contributed by atoms with van der Waals surface area (Å²) in [5.74, 6) is 0.701. The first kappa shape index (κ1) is 19.7. The van der Waals surface area contributed by atoms with Crippen molar-refractivity contribution in [1.82, 2.24) is 20.4 Å². The van der Waals surface area contributed by atoms with Crippen LogP contribution in [0.25, 0.3) is 11.1 Å². The van der Waals surface area contributed by atoms with E-state index in [1.165, 1.54) is 0 Å². The number of pyridine rings is 1. The summed E-state index contributed by atoms with van der Waals surface area (Å²) < 4.78 is 5.18. The fourth-order valence-corrected chi connectivity index (χ4v) is 2.81. The highest BCUT2D eigenvalue weighted by Crippen LogP contribution is 2.26. The average Bonchev–Trinajstić information content (AvgIpc) is 3.11. The molecule has 0 aliphatic carbocycles. The summed E-state index contributed by atoms with van der Waals surface area (Å²) in [5.41, 5.74) is 1.90. The Morgan fingerprint density at radius 2 is 2.04 bits per heavy atom. The molecule has 2 heterocycles. The van der Waals surface area contributed by atoms with Crippen LogP contribution in [0.1, 0.15) is 60.9 Å². The van der Waals surface area contributed by atoms with Crippen molar-refractivity contribution in [3.05, 3.63) is 65.6 Å². The predicted molar refractivity (Wildman–Crippen MR) is 104 cm³/mol. The van der Waals surface area contributed by atoms with Gasteiger partial charge in [0.2, 0.25) is 5.89 Å². The molecule has 0 aliphatic rings. The normalized spacial score (nSPS) is 12.6. The molecule has 7 nitrogen and oxygen atoms in total. The van der Waals surface area contributed by atoms with E-state index < -0.39 is 5.60 Å². The lowest BCUT2D eigenvalue weighted by atomic mass is 9.96. The van der Waals surface area contributed by atoms with E-state index in [4.69, 9.17) is 4.52 Å². The molecule has 1 atom stereocenters. The van der Waals surface area contributed by atoms with Gasteiger partial charge in [-0.15, -0.1) is 0 Å². The van der Waals surface area contributed by atoms with Crippen LogP contribution in [0.3, 0.4) is 0 Å². The van der Waals surface area contributed by atoms with Gasteiger partial charge in [0.15, 0.2) is 5.82 Å². The number of amides is 1. The van der Waals surface area contributed by atoms with Crippen LogP contribution in [0.4, 0.5) is 0 Å². The van der Waals surface area contributed by atoms with E-state index in [1.54, 1.807) is 45.3 Å². The van der Waals surface area contributed by atoms with Gasteiger partial charge in [-0.1, -0.05) is 24.2 Å². The first-order chi connectivity index (χ1) is 13.3. The molecule has 2 aromatic heterocycles. The maximum absolute atomic E-state index is 12.7. The van der Waals surface area contributed by atoms with E-state index in [1.807, 2.05) is 25.1 Å². The molecule has 28 heavy (non-hydrogen) atoms. The quantitative estimate of drug-likeness (QED) is 0.678. The summed E-state index contributed by atoms with van der Waals surface area (Å²) in [6, 6.07) is 8.79. The van der Waals surface area contributed by atoms with Gasteiger partial charge in [-0.3, -0.25) is 9.78 Å². The Bertz CT molecular complexity index is 976. The zero-order chi connectivity index (χ0) is 20.3. The van der Waals surface area contributed by atoms with E-state index >= 15 is 0 Å². The number of hydrogen-bond acceptors (Lipinski definition) is 6. The first-order valence-electron chi connectivity index (χ1n) is 9.17. The van der Waals surface area contributed by atoms with E-state index in [9.17, 15) is 9.90 Å². The zero-order valence-electron chi connectivity index (χ0n) is 16.4. The Morgan fingerprint density at radius 1 is 1.25 bits per heavy atom. The third-order valence-corrected chi connectivity index (χ3v) is 4.46. The Hall–Kier alpha value is -3.06. The van der Waals surface area contributed by atoms with Gasteiger partial charge < -0.3 is 14.9 Å². The molecule has 2 N–H and O–H groups in total. The average molecular weight is 380 g/mol. The fourth-order valence-electron chi connectivity index (χ4n) is 2.81. The van der Waals surface area contributed by atoms with Crippen LogP contribution < -0.4 is 5.32 Å². The number of aliphatic hydroxyl groups is 1. The molecule has 3 rings (SSSR count). The van der Waals surface area contributed by atoms with Crippen LogP contribution in [0.15, 0.2) is 47.2 Å². The Morgan fingerprint density at radius 3 is 2.68 bits per heavy atom. The van der Waals surface area contributed by atoms with Crippen LogP contribution in [-0.4, -0.2) is 26.1 Å². The van der Waals surface area contributed by atoms with Gasteiger partial charge in [-0.05, 0) is 51.0 Å². The topological polar surface area (TPSA) is 101 Å². The van der Waals surface area contributed by atoms with Crippen molar-refractivity contribution >= 4 is 5.91 Å². The highest BCUT2D eigenvalue weighted by atomic mass is 16.5. The number of nitrogens with one attached hydrogen (secondary N) is 1. The molecule has 0 unspecified atom stereocenters. The maximum Gasteiger partial charge on any atom is 0.251 e. The van der Waals surface area contributed by atoms with Crippen LogP contribution in [0.5, 0.6) is 0 Å². The largest absolute Gasteiger partial charge is 0.386 e. The summed E-state index contributed by atoms with van der Waals surface area (Å²) in [4.78, 5) is 21.2. The highest BCUT2D eigenvalue weighted by molar-refractivity contribution is 5.95. The maximum atomic E-state index is 12.7. The summed E-state index contributed by atoms with van der Waals surface area (Å²) in [6.45, 7) is 7.10. The standard InChI is InChI=1S/C21H24N4O3/c1-5-18(20-23-13(2)25-28-20)24-19(26)15-8-6-7-14(9-15)16-10-17(12-22-11-16)21(3,4)27/h6-12,18,27H,5H2,1-4H3,(H,24,26)/t18-/m0/s1. The summed E-state index contributed by atoms with van der Waals surface area (Å²) >= 11 is 0. The smallest absolute Gasteiger partial charge is 0.251 e. The van der Waals surface area contributed by atoms with Crippen LogP contribution in [0, 0.1) is 6.92 Å². The van der Waals surface area contributed by atoms with Gasteiger partial charge in [-0.25, -0.2) is 0 Å². The number of aryl methyl sites for hydroxylation is 1. The zero-order valence-corrected chi connectivity index (χ0v) is 16.4. The van der Waals surface area contributed by atoms with Crippen molar-refractivity contribution in [3.63, 3.8) is 0 Å². The summed E-state index contributed by atoms with van der Waals surface area (Å²) in [6.07, 6.45) is 3.98. The van der Waals surface area contributed by atoms with Gasteiger partial charge in [0, 0.05) is 29.1 Å². The number of nitrogens with zero attached hydrogens (tertiary/aromatic N) is 3. The van der Waals surface area contributed by atoms with Crippen molar-refractivity contribution in [2.24, 2.45) is 0 Å². The van der Waals surface area contributed by atoms with Crippen LogP contribution in [-0.2, 0) is 5.60 Å². The molecule has 0 saturated heterocycles. The van der Waals surface area contributed by atoms with Crippen molar-refractivity contribution in [2.45, 2.75) is 45.8 Å². The SMILES string of the molecule is CC[C@H](NC(=O)c1cccc(-c2cncc(C(C)(C)O)c2)c1)c1nc(C)no1. The first-order valence-corrected chi connectivity index (χ1v) is 9.17. The van der Waals surface area contributed by atoms with E-state index in [-0.39, 0.29) is 11.9 Å². The van der Waals surface area contributed by atoms with Crippen LogP contribution >= 0.6 is 0 Å². The number of rotatable bonds is 6. The third kappa shape index (κ3) is 4.43. The number of carbonyl (C=O) groups excluding carboxylic acids is 1. The lowest BCUT2D eigenvalue weighted by molar-refractivity contribution is 0.0782. The predicted octanol–water partition coefficient (Wildman–Crippen LogP) is 3.55. The minimum absolute atomic E-state index is 0.226. The molecule has 1 aromatic carbocycles. The molecule has 0 fully saturated rings. The molecule has 1 amide bonds. The van der Waals surface area contributed by atoms with Gasteiger partial charge in [-0.2, -0.15) is 4.98 Å². The molecule has 7 heteroatoms. The molecule has 146 valence electrons. The number of carbonyl (C=O) groups is 1. The number of benzene rings is 1. The second-order valence-electron chi connectivity index (χ2n) is 7.22. The van der Waals surface area contributed by atoms with Gasteiger partial charge in [0.05, 0.1) is 5.60 Å². The minimum Gasteiger partial charge on any atom is -0.386 e. The van der Waals surface area contributed by atoms with Crippen molar-refractivity contribution in [1.29, 1.82) is 0 Å². The van der Waals surface area contributed by atoms with Crippen molar-refractivity contribution in [2.75, 3.05) is 0 Å². The van der Waals surface area contributed by atoms with E-state index in [0.29, 0.717) is 29.3 Å².